The van der Waals surface area contributed by atoms with Crippen molar-refractivity contribution in [2.45, 2.75) is 27.3 Å². The van der Waals surface area contributed by atoms with Gasteiger partial charge in [0.15, 0.2) is 11.5 Å². The number of hydrogen-bond donors (Lipinski definition) is 1. The fourth-order valence-electron chi connectivity index (χ4n) is 2.18. The van der Waals surface area contributed by atoms with Crippen LogP contribution in [0.4, 0.5) is 0 Å². The van der Waals surface area contributed by atoms with E-state index in [-0.39, 0.29) is 24.0 Å². The van der Waals surface area contributed by atoms with Crippen molar-refractivity contribution in [2.24, 2.45) is 5.92 Å². The van der Waals surface area contributed by atoms with Crippen molar-refractivity contribution in [3.8, 4) is 17.6 Å². The summed E-state index contributed by atoms with van der Waals surface area (Å²) in [7, 11) is 0. The van der Waals surface area contributed by atoms with Crippen molar-refractivity contribution in [1.82, 2.24) is 5.32 Å². The highest BCUT2D eigenvalue weighted by Crippen LogP contribution is 2.30. The number of benzene rings is 1. The highest BCUT2D eigenvalue weighted by Gasteiger charge is 2.15. The van der Waals surface area contributed by atoms with Crippen LogP contribution in [0.15, 0.2) is 46.6 Å². The molecule has 1 N–H and O–H groups in total. The van der Waals surface area contributed by atoms with Crippen molar-refractivity contribution in [3.63, 3.8) is 0 Å². The smallest absolute Gasteiger partial charge is 0.313 e. The third-order valence-corrected chi connectivity index (χ3v) is 3.63. The molecule has 0 saturated carbocycles. The number of ether oxygens (including phenoxy) is 2. The zero-order chi connectivity index (χ0) is 20.5. The van der Waals surface area contributed by atoms with Gasteiger partial charge in [-0.15, -0.1) is 0 Å². The molecule has 1 aromatic carbocycles. The van der Waals surface area contributed by atoms with Crippen LogP contribution in [0.3, 0.4) is 0 Å². The summed E-state index contributed by atoms with van der Waals surface area (Å²) in [6.45, 7) is 5.83. The number of hydrogen-bond acceptors (Lipinski definition) is 6. The molecule has 7 heteroatoms. The molecule has 0 aliphatic rings. The average molecular weight is 382 g/mol. The first kappa shape index (κ1) is 20.8. The molecule has 0 spiro atoms. The number of carbonyl (C=O) groups is 2. The van der Waals surface area contributed by atoms with Crippen molar-refractivity contribution in [3.05, 3.63) is 53.5 Å². The predicted molar refractivity (Wildman–Crippen MR) is 102 cm³/mol. The maximum atomic E-state index is 12.2. The molecule has 0 atom stereocenters. The minimum absolute atomic E-state index is 0.0686. The van der Waals surface area contributed by atoms with Crippen LogP contribution in [-0.2, 0) is 16.1 Å². The molecule has 1 amide bonds. The molecule has 0 aliphatic carbocycles. The summed E-state index contributed by atoms with van der Waals surface area (Å²) < 4.78 is 16.0. The monoisotopic (exact) mass is 382 g/mol. The van der Waals surface area contributed by atoms with E-state index < -0.39 is 5.91 Å². The summed E-state index contributed by atoms with van der Waals surface area (Å²) in [5, 5.41) is 11.9. The Labute approximate surface area is 163 Å². The molecule has 0 unspecified atom stereocenters. The van der Waals surface area contributed by atoms with E-state index in [0.29, 0.717) is 29.4 Å². The molecule has 1 aromatic heterocycles. The van der Waals surface area contributed by atoms with Gasteiger partial charge in [-0.2, -0.15) is 5.26 Å². The summed E-state index contributed by atoms with van der Waals surface area (Å²) in [5.74, 6) is 0.0566. The Morgan fingerprint density at radius 3 is 2.68 bits per heavy atom. The van der Waals surface area contributed by atoms with E-state index in [9.17, 15) is 14.9 Å². The molecule has 1 heterocycles. The zero-order valence-corrected chi connectivity index (χ0v) is 16.0. The van der Waals surface area contributed by atoms with Gasteiger partial charge in [-0.25, -0.2) is 0 Å². The van der Waals surface area contributed by atoms with Crippen molar-refractivity contribution < 1.29 is 23.5 Å². The van der Waals surface area contributed by atoms with Crippen LogP contribution < -0.4 is 14.8 Å². The number of nitrogens with one attached hydrogen (secondary N) is 1. The van der Waals surface area contributed by atoms with E-state index in [1.54, 1.807) is 51.1 Å². The van der Waals surface area contributed by atoms with Crippen molar-refractivity contribution in [2.75, 3.05) is 6.61 Å². The van der Waals surface area contributed by atoms with E-state index in [0.717, 1.165) is 0 Å². The second kappa shape index (κ2) is 9.97. The molecule has 28 heavy (non-hydrogen) atoms. The molecule has 0 saturated heterocycles. The van der Waals surface area contributed by atoms with Crippen LogP contribution in [0.1, 0.15) is 32.1 Å². The Bertz CT molecular complexity index is 892. The Kier molecular flexibility index (Phi) is 7.40. The van der Waals surface area contributed by atoms with Crippen LogP contribution in [0, 0.1) is 17.2 Å². The van der Waals surface area contributed by atoms with Crippen LogP contribution in [0.2, 0.25) is 0 Å². The van der Waals surface area contributed by atoms with Gasteiger partial charge < -0.3 is 19.2 Å². The number of nitrogens with zero attached hydrogens (tertiary/aromatic N) is 1. The van der Waals surface area contributed by atoms with E-state index in [1.807, 2.05) is 6.07 Å². The molecule has 146 valence electrons. The Hall–Kier alpha value is -3.53. The summed E-state index contributed by atoms with van der Waals surface area (Å²) in [6.07, 6.45) is 2.94. The topological polar surface area (TPSA) is 102 Å². The van der Waals surface area contributed by atoms with Gasteiger partial charge >= 0.3 is 5.97 Å². The summed E-state index contributed by atoms with van der Waals surface area (Å²) in [6, 6.07) is 10.2. The van der Waals surface area contributed by atoms with Gasteiger partial charge in [0.1, 0.15) is 17.4 Å². The standard InChI is InChI=1S/C21H22N2O5/c1-4-26-19-11-15(7-8-18(19)28-21(25)14(2)3)10-16(12-22)20(24)23-13-17-6-5-9-27-17/h5-11,14H,4,13H2,1-3H3,(H,23,24)/b16-10+. The number of esters is 1. The first-order chi connectivity index (χ1) is 13.4. The predicted octanol–water partition coefficient (Wildman–Crippen LogP) is 3.46. The van der Waals surface area contributed by atoms with Crippen molar-refractivity contribution >= 4 is 18.0 Å². The van der Waals surface area contributed by atoms with Gasteiger partial charge in [-0.3, -0.25) is 9.59 Å². The lowest BCUT2D eigenvalue weighted by molar-refractivity contribution is -0.137. The zero-order valence-electron chi connectivity index (χ0n) is 16.0. The third kappa shape index (κ3) is 5.74. The average Bonchev–Trinajstić information content (AvgIpc) is 3.19. The van der Waals surface area contributed by atoms with E-state index in [4.69, 9.17) is 13.9 Å². The fraction of sp³-hybridized carbons (Fsp3) is 0.286. The number of nitriles is 1. The van der Waals surface area contributed by atoms with Gasteiger partial charge in [0, 0.05) is 0 Å². The van der Waals surface area contributed by atoms with E-state index in [2.05, 4.69) is 5.32 Å². The SMILES string of the molecule is CCOc1cc(/C=C(\C#N)C(=O)NCc2ccco2)ccc1OC(=O)C(C)C. The van der Waals surface area contributed by atoms with Gasteiger partial charge in [0.2, 0.25) is 0 Å². The maximum Gasteiger partial charge on any atom is 0.313 e. The van der Waals surface area contributed by atoms with Crippen LogP contribution in [0.5, 0.6) is 11.5 Å². The summed E-state index contributed by atoms with van der Waals surface area (Å²) in [4.78, 5) is 24.1. The maximum absolute atomic E-state index is 12.2. The van der Waals surface area contributed by atoms with Crippen LogP contribution >= 0.6 is 0 Å². The van der Waals surface area contributed by atoms with E-state index in [1.165, 1.54) is 12.3 Å². The highest BCUT2D eigenvalue weighted by molar-refractivity contribution is 6.01. The second-order valence-corrected chi connectivity index (χ2v) is 6.15. The largest absolute Gasteiger partial charge is 0.490 e. The lowest BCUT2D eigenvalue weighted by atomic mass is 10.1. The molecular formula is C21H22N2O5. The minimum atomic E-state index is -0.521. The summed E-state index contributed by atoms with van der Waals surface area (Å²) >= 11 is 0. The van der Waals surface area contributed by atoms with Crippen LogP contribution in [-0.4, -0.2) is 18.5 Å². The molecule has 2 aromatic rings. The fourth-order valence-corrected chi connectivity index (χ4v) is 2.18. The second-order valence-electron chi connectivity index (χ2n) is 6.15. The molecule has 0 radical (unpaired) electrons. The van der Waals surface area contributed by atoms with Gasteiger partial charge in [0.05, 0.1) is 25.3 Å². The lowest BCUT2D eigenvalue weighted by Crippen LogP contribution is -2.23. The molecule has 0 bridgehead atoms. The van der Waals surface area contributed by atoms with Crippen LogP contribution in [0.25, 0.3) is 6.08 Å². The molecule has 7 nitrogen and oxygen atoms in total. The quantitative estimate of drug-likeness (QED) is 0.325. The normalized spacial score (nSPS) is 11.0. The number of furan rings is 1. The minimum Gasteiger partial charge on any atom is -0.490 e. The van der Waals surface area contributed by atoms with Gasteiger partial charge in [-0.1, -0.05) is 19.9 Å². The van der Waals surface area contributed by atoms with Crippen molar-refractivity contribution in [1.29, 1.82) is 5.26 Å². The lowest BCUT2D eigenvalue weighted by Gasteiger charge is -2.12. The molecule has 0 aliphatic heterocycles. The molecule has 2 rings (SSSR count). The van der Waals surface area contributed by atoms with Gasteiger partial charge in [0.25, 0.3) is 5.91 Å². The Morgan fingerprint density at radius 2 is 2.07 bits per heavy atom. The third-order valence-electron chi connectivity index (χ3n) is 3.63. The molecule has 0 fully saturated rings. The molecular weight excluding hydrogens is 360 g/mol. The summed E-state index contributed by atoms with van der Waals surface area (Å²) in [5.41, 5.74) is 0.499. The van der Waals surface area contributed by atoms with E-state index >= 15 is 0 Å². The van der Waals surface area contributed by atoms with Gasteiger partial charge in [-0.05, 0) is 42.8 Å². The number of carbonyl (C=O) groups excluding carboxylic acids is 2. The first-order valence-electron chi connectivity index (χ1n) is 8.85. The Balaban J connectivity index is 2.19. The highest BCUT2D eigenvalue weighted by atomic mass is 16.6. The first-order valence-corrected chi connectivity index (χ1v) is 8.85. The number of rotatable bonds is 8. The number of amides is 1. The Morgan fingerprint density at radius 1 is 1.29 bits per heavy atom.